The van der Waals surface area contributed by atoms with Crippen molar-refractivity contribution in [2.75, 3.05) is 11.1 Å². The van der Waals surface area contributed by atoms with Gasteiger partial charge in [-0.2, -0.15) is 0 Å². The van der Waals surface area contributed by atoms with Gasteiger partial charge in [0.2, 0.25) is 0 Å². The molecule has 0 spiro atoms. The van der Waals surface area contributed by atoms with Crippen LogP contribution in [-0.2, 0) is 0 Å². The van der Waals surface area contributed by atoms with E-state index in [1.165, 1.54) is 12.8 Å². The molecule has 1 aromatic carbocycles. The molecule has 1 saturated carbocycles. The van der Waals surface area contributed by atoms with Gasteiger partial charge in [-0.3, -0.25) is 4.99 Å². The summed E-state index contributed by atoms with van der Waals surface area (Å²) in [4.78, 5) is 4.60. The predicted octanol–water partition coefficient (Wildman–Crippen LogP) is 2.02. The highest BCUT2D eigenvalue weighted by Crippen LogP contribution is 2.32. The molecule has 1 fully saturated rings. The molecule has 0 amide bonds. The molecule has 1 atom stereocenters. The van der Waals surface area contributed by atoms with E-state index in [0.29, 0.717) is 6.04 Å². The smallest absolute Gasteiger partial charge is 0.153 e. The quantitative estimate of drug-likeness (QED) is 0.707. The van der Waals surface area contributed by atoms with Crippen LogP contribution in [0.1, 0.15) is 19.8 Å². The molecule has 3 rings (SSSR count). The Balaban J connectivity index is 1.92. The predicted molar refractivity (Wildman–Crippen MR) is 65.0 cm³/mol. The number of ether oxygens (including phenoxy) is 1. The first-order valence-corrected chi connectivity index (χ1v) is 5.63. The number of nitrogens with zero attached hydrogens (tertiary/aromatic N) is 1. The summed E-state index contributed by atoms with van der Waals surface area (Å²) in [5, 5.41) is 3.30. The zero-order valence-electron chi connectivity index (χ0n) is 9.23. The lowest BCUT2D eigenvalue weighted by atomic mass is 10.2. The summed E-state index contributed by atoms with van der Waals surface area (Å²) in [5.41, 5.74) is 7.39. The monoisotopic (exact) mass is 217 g/mol. The first kappa shape index (κ1) is 9.51. The fourth-order valence-corrected chi connectivity index (χ4v) is 1.77. The van der Waals surface area contributed by atoms with E-state index in [2.05, 4.69) is 10.3 Å². The van der Waals surface area contributed by atoms with Crippen LogP contribution in [0.25, 0.3) is 0 Å². The largest absolute Gasteiger partial charge is 0.481 e. The number of amidine groups is 1. The van der Waals surface area contributed by atoms with Crippen molar-refractivity contribution in [3.63, 3.8) is 0 Å². The van der Waals surface area contributed by atoms with Crippen LogP contribution in [0.5, 0.6) is 5.75 Å². The maximum absolute atomic E-state index is 5.78. The molecule has 2 aliphatic rings. The standard InChI is InChI=1S/C12H15N3O/c1-7-12(14-9-3-4-9)15-10-6-8(13)2-5-11(10)16-7/h2,5-7,9H,3-4,13H2,1H3,(H,14,15). The second-order valence-corrected chi connectivity index (χ2v) is 4.39. The van der Waals surface area contributed by atoms with Crippen LogP contribution in [-0.4, -0.2) is 18.0 Å². The van der Waals surface area contributed by atoms with Crippen LogP contribution in [0.4, 0.5) is 11.4 Å². The second kappa shape index (κ2) is 3.40. The van der Waals surface area contributed by atoms with Gasteiger partial charge in [-0.25, -0.2) is 0 Å². The van der Waals surface area contributed by atoms with Crippen molar-refractivity contribution < 1.29 is 4.74 Å². The fraction of sp³-hybridized carbons (Fsp3) is 0.417. The van der Waals surface area contributed by atoms with Gasteiger partial charge in [-0.05, 0) is 38.0 Å². The van der Waals surface area contributed by atoms with Gasteiger partial charge >= 0.3 is 0 Å². The molecule has 1 heterocycles. The van der Waals surface area contributed by atoms with Gasteiger partial charge in [-0.15, -0.1) is 0 Å². The van der Waals surface area contributed by atoms with E-state index in [0.717, 1.165) is 23.0 Å². The molecule has 1 unspecified atom stereocenters. The summed E-state index contributed by atoms with van der Waals surface area (Å²) < 4.78 is 5.78. The van der Waals surface area contributed by atoms with Gasteiger partial charge in [0.15, 0.2) is 6.10 Å². The Morgan fingerprint density at radius 2 is 2.25 bits per heavy atom. The van der Waals surface area contributed by atoms with Gasteiger partial charge in [0, 0.05) is 5.69 Å². The van der Waals surface area contributed by atoms with Crippen molar-refractivity contribution in [2.24, 2.45) is 4.99 Å². The molecule has 4 heteroatoms. The van der Waals surface area contributed by atoms with Crippen LogP contribution in [0.3, 0.4) is 0 Å². The Morgan fingerprint density at radius 1 is 1.44 bits per heavy atom. The van der Waals surface area contributed by atoms with Crippen molar-refractivity contribution in [1.29, 1.82) is 0 Å². The molecule has 0 bridgehead atoms. The molecule has 0 saturated heterocycles. The van der Waals surface area contributed by atoms with Crippen LogP contribution >= 0.6 is 0 Å². The zero-order chi connectivity index (χ0) is 11.1. The highest BCUT2D eigenvalue weighted by Gasteiger charge is 2.26. The molecule has 1 aromatic rings. The minimum absolute atomic E-state index is 0.00303. The van der Waals surface area contributed by atoms with Crippen LogP contribution < -0.4 is 15.8 Å². The maximum atomic E-state index is 5.78. The molecule has 0 radical (unpaired) electrons. The SMILES string of the molecule is CC1Oc2ccc(N)cc2NC1=NC1CC1. The second-order valence-electron chi connectivity index (χ2n) is 4.39. The number of anilines is 2. The number of nitrogens with one attached hydrogen (secondary N) is 1. The van der Waals surface area contributed by atoms with E-state index in [1.54, 1.807) is 0 Å². The van der Waals surface area contributed by atoms with E-state index in [-0.39, 0.29) is 6.10 Å². The van der Waals surface area contributed by atoms with Crippen LogP contribution in [0.2, 0.25) is 0 Å². The Morgan fingerprint density at radius 3 is 3.00 bits per heavy atom. The number of aliphatic imine (C=N–C) groups is 1. The normalized spacial score (nSPS) is 25.8. The molecular weight excluding hydrogens is 202 g/mol. The number of hydrogen-bond acceptors (Lipinski definition) is 3. The Labute approximate surface area is 94.5 Å². The lowest BCUT2D eigenvalue weighted by Gasteiger charge is -2.26. The zero-order valence-corrected chi connectivity index (χ0v) is 9.23. The molecular formula is C12H15N3O. The highest BCUT2D eigenvalue weighted by atomic mass is 16.5. The minimum atomic E-state index is -0.00303. The fourth-order valence-electron chi connectivity index (χ4n) is 1.77. The Hall–Kier alpha value is -1.71. The van der Waals surface area contributed by atoms with Crippen LogP contribution in [0, 0.1) is 0 Å². The third-order valence-corrected chi connectivity index (χ3v) is 2.82. The summed E-state index contributed by atoms with van der Waals surface area (Å²) in [6.07, 6.45) is 2.39. The first-order chi connectivity index (χ1) is 7.72. The molecule has 3 N–H and O–H groups in total. The number of rotatable bonds is 1. The lowest BCUT2D eigenvalue weighted by molar-refractivity contribution is 0.282. The molecule has 16 heavy (non-hydrogen) atoms. The summed E-state index contributed by atoms with van der Waals surface area (Å²) in [5.74, 6) is 1.76. The topological polar surface area (TPSA) is 59.6 Å². The summed E-state index contributed by atoms with van der Waals surface area (Å²) in [6, 6.07) is 6.11. The van der Waals surface area contributed by atoms with Gasteiger partial charge in [0.05, 0.1) is 11.7 Å². The third kappa shape index (κ3) is 1.71. The molecule has 84 valence electrons. The van der Waals surface area contributed by atoms with Crippen molar-refractivity contribution in [1.82, 2.24) is 0 Å². The lowest BCUT2D eigenvalue weighted by Crippen LogP contribution is -2.35. The number of hydrogen-bond donors (Lipinski definition) is 2. The van der Waals surface area contributed by atoms with E-state index < -0.39 is 0 Å². The van der Waals surface area contributed by atoms with E-state index in [9.17, 15) is 0 Å². The van der Waals surface area contributed by atoms with E-state index in [1.807, 2.05) is 25.1 Å². The van der Waals surface area contributed by atoms with Gasteiger partial charge in [0.25, 0.3) is 0 Å². The Kier molecular flexibility index (Phi) is 2.02. The van der Waals surface area contributed by atoms with Crippen LogP contribution in [0.15, 0.2) is 23.2 Å². The Bertz CT molecular complexity index is 452. The molecule has 1 aliphatic heterocycles. The van der Waals surface area contributed by atoms with Crippen molar-refractivity contribution in [3.8, 4) is 5.75 Å². The van der Waals surface area contributed by atoms with Gasteiger partial charge < -0.3 is 15.8 Å². The number of nitrogen functional groups attached to an aromatic ring is 1. The average molecular weight is 217 g/mol. The summed E-state index contributed by atoms with van der Waals surface area (Å²) in [7, 11) is 0. The minimum Gasteiger partial charge on any atom is -0.481 e. The maximum Gasteiger partial charge on any atom is 0.153 e. The first-order valence-electron chi connectivity index (χ1n) is 5.63. The molecule has 0 aromatic heterocycles. The molecule has 4 nitrogen and oxygen atoms in total. The highest BCUT2D eigenvalue weighted by molar-refractivity contribution is 6.02. The van der Waals surface area contributed by atoms with E-state index >= 15 is 0 Å². The van der Waals surface area contributed by atoms with Gasteiger partial charge in [-0.1, -0.05) is 0 Å². The van der Waals surface area contributed by atoms with E-state index in [4.69, 9.17) is 10.5 Å². The van der Waals surface area contributed by atoms with Crippen molar-refractivity contribution in [3.05, 3.63) is 18.2 Å². The third-order valence-electron chi connectivity index (χ3n) is 2.82. The summed E-state index contributed by atoms with van der Waals surface area (Å²) >= 11 is 0. The average Bonchev–Trinajstić information content (AvgIpc) is 3.04. The number of fused-ring (bicyclic) bond motifs is 1. The summed E-state index contributed by atoms with van der Waals surface area (Å²) in [6.45, 7) is 2.01. The number of nitrogens with two attached hydrogens (primary N) is 1. The molecule has 1 aliphatic carbocycles. The number of benzene rings is 1. The van der Waals surface area contributed by atoms with Crippen molar-refractivity contribution >= 4 is 17.2 Å². The van der Waals surface area contributed by atoms with Crippen molar-refractivity contribution in [2.45, 2.75) is 31.9 Å². The van der Waals surface area contributed by atoms with Gasteiger partial charge in [0.1, 0.15) is 11.6 Å².